The predicted molar refractivity (Wildman–Crippen MR) is 86.3 cm³/mol. The molecule has 0 amide bonds. The Balaban J connectivity index is 1.87. The molecule has 1 atom stereocenters. The van der Waals surface area contributed by atoms with Gasteiger partial charge in [-0.25, -0.2) is 0 Å². The summed E-state index contributed by atoms with van der Waals surface area (Å²) >= 11 is 6.69. The van der Waals surface area contributed by atoms with Crippen LogP contribution in [0.1, 0.15) is 0 Å². The van der Waals surface area contributed by atoms with Gasteiger partial charge in [0.05, 0.1) is 32.5 Å². The third-order valence-electron chi connectivity index (χ3n) is 3.34. The molecule has 2 fully saturated rings. The summed E-state index contributed by atoms with van der Waals surface area (Å²) in [5.74, 6) is 0. The number of thioether (sulfide) groups is 1. The first-order valence-electron chi connectivity index (χ1n) is 6.78. The maximum atomic E-state index is 5.72. The number of nitrogens with two attached hydrogens (primary N) is 1. The lowest BCUT2D eigenvalue weighted by atomic mass is 10.3. The molecule has 20 heavy (non-hydrogen) atoms. The molecule has 0 bridgehead atoms. The normalized spacial score (nSPS) is 24.9. The molecular weight excluding hydrogens is 296 g/mol. The van der Waals surface area contributed by atoms with E-state index in [0.717, 1.165) is 44.6 Å². The summed E-state index contributed by atoms with van der Waals surface area (Å²) < 4.78 is 11.1. The molecule has 0 saturated carbocycles. The van der Waals surface area contributed by atoms with Gasteiger partial charge in [0.25, 0.3) is 0 Å². The van der Waals surface area contributed by atoms with E-state index < -0.39 is 0 Å². The highest BCUT2D eigenvalue weighted by Gasteiger charge is 2.21. The zero-order valence-corrected chi connectivity index (χ0v) is 13.4. The van der Waals surface area contributed by atoms with Gasteiger partial charge in [-0.2, -0.15) is 0 Å². The molecule has 2 saturated heterocycles. The van der Waals surface area contributed by atoms with Crippen molar-refractivity contribution in [1.29, 1.82) is 0 Å². The van der Waals surface area contributed by atoms with E-state index in [4.69, 9.17) is 32.4 Å². The summed E-state index contributed by atoms with van der Waals surface area (Å²) in [4.78, 5) is 8.94. The first-order chi connectivity index (χ1) is 9.70. The Kier molecular flexibility index (Phi) is 6.34. The molecule has 2 heterocycles. The Hall–Kier alpha value is -0.570. The number of ether oxygens (including phenoxy) is 2. The smallest absolute Gasteiger partial charge is 0.166 e. The Morgan fingerprint density at radius 1 is 1.30 bits per heavy atom. The van der Waals surface area contributed by atoms with Crippen LogP contribution in [0.25, 0.3) is 0 Å². The van der Waals surface area contributed by atoms with Crippen LogP contribution < -0.4 is 5.73 Å². The number of morpholine rings is 2. The molecule has 6 nitrogen and oxygen atoms in total. The molecule has 0 aromatic heterocycles. The zero-order valence-electron chi connectivity index (χ0n) is 11.8. The molecule has 2 rings (SSSR count). The minimum absolute atomic E-state index is 0.0634. The monoisotopic (exact) mass is 318 g/mol. The maximum Gasteiger partial charge on any atom is 0.166 e. The molecular formula is C12H22N4O2S2. The van der Waals surface area contributed by atoms with E-state index in [1.54, 1.807) is 11.8 Å². The lowest BCUT2D eigenvalue weighted by Gasteiger charge is -2.33. The quantitative estimate of drug-likeness (QED) is 0.436. The van der Waals surface area contributed by atoms with Crippen LogP contribution in [0, 0.1) is 0 Å². The van der Waals surface area contributed by atoms with Crippen LogP contribution >= 0.6 is 24.0 Å². The number of aliphatic imine (C=N–C) groups is 1. The molecule has 0 aromatic carbocycles. The van der Waals surface area contributed by atoms with Crippen LogP contribution in [-0.4, -0.2) is 85.0 Å². The van der Waals surface area contributed by atoms with Crippen LogP contribution in [0.5, 0.6) is 0 Å². The fourth-order valence-electron chi connectivity index (χ4n) is 2.26. The van der Waals surface area contributed by atoms with Crippen molar-refractivity contribution in [2.24, 2.45) is 10.7 Å². The van der Waals surface area contributed by atoms with Gasteiger partial charge in [0.15, 0.2) is 10.3 Å². The van der Waals surface area contributed by atoms with Crippen molar-refractivity contribution in [3.05, 3.63) is 0 Å². The summed E-state index contributed by atoms with van der Waals surface area (Å²) in [5, 5.41) is 1.50. The highest BCUT2D eigenvalue weighted by molar-refractivity contribution is 8.13. The van der Waals surface area contributed by atoms with E-state index in [0.29, 0.717) is 18.3 Å². The molecule has 2 aliphatic rings. The van der Waals surface area contributed by atoms with Gasteiger partial charge in [-0.1, -0.05) is 11.8 Å². The van der Waals surface area contributed by atoms with Crippen molar-refractivity contribution in [2.45, 2.75) is 6.10 Å². The summed E-state index contributed by atoms with van der Waals surface area (Å²) in [6.45, 7) is 6.16. The first kappa shape index (κ1) is 15.8. The van der Waals surface area contributed by atoms with Gasteiger partial charge < -0.3 is 25.0 Å². The van der Waals surface area contributed by atoms with Crippen LogP contribution in [0.15, 0.2) is 4.99 Å². The second kappa shape index (κ2) is 8.02. The Morgan fingerprint density at radius 2 is 2.00 bits per heavy atom. The molecule has 2 N–H and O–H groups in total. The average molecular weight is 318 g/mol. The highest BCUT2D eigenvalue weighted by Crippen LogP contribution is 2.11. The number of rotatable bonds is 2. The second-order valence-corrected chi connectivity index (χ2v) is 5.90. The van der Waals surface area contributed by atoms with E-state index >= 15 is 0 Å². The van der Waals surface area contributed by atoms with Crippen LogP contribution in [0.4, 0.5) is 0 Å². The largest absolute Gasteiger partial charge is 0.378 e. The lowest BCUT2D eigenvalue weighted by molar-refractivity contribution is 0.000713. The third-order valence-corrected chi connectivity index (χ3v) is 4.36. The van der Waals surface area contributed by atoms with Crippen molar-refractivity contribution >= 4 is 34.3 Å². The molecule has 0 aliphatic carbocycles. The summed E-state index contributed by atoms with van der Waals surface area (Å²) in [5.41, 5.74) is 5.67. The highest BCUT2D eigenvalue weighted by atomic mass is 32.2. The van der Waals surface area contributed by atoms with Crippen LogP contribution in [0.3, 0.4) is 0 Å². The fourth-order valence-corrected chi connectivity index (χ4v) is 3.07. The average Bonchev–Trinajstić information content (AvgIpc) is 2.49. The van der Waals surface area contributed by atoms with Gasteiger partial charge in [0.2, 0.25) is 0 Å². The van der Waals surface area contributed by atoms with Crippen molar-refractivity contribution < 1.29 is 9.47 Å². The second-order valence-electron chi connectivity index (χ2n) is 4.70. The van der Waals surface area contributed by atoms with Crippen molar-refractivity contribution in [1.82, 2.24) is 9.80 Å². The van der Waals surface area contributed by atoms with Crippen LogP contribution in [-0.2, 0) is 9.47 Å². The van der Waals surface area contributed by atoms with Gasteiger partial charge in [-0.3, -0.25) is 4.99 Å². The van der Waals surface area contributed by atoms with Crippen molar-refractivity contribution in [3.63, 3.8) is 0 Å². The summed E-state index contributed by atoms with van der Waals surface area (Å²) in [7, 11) is 0. The minimum Gasteiger partial charge on any atom is -0.378 e. The molecule has 2 aliphatic heterocycles. The number of hydrogen-bond donors (Lipinski definition) is 1. The van der Waals surface area contributed by atoms with Gasteiger partial charge >= 0.3 is 0 Å². The zero-order chi connectivity index (χ0) is 14.4. The predicted octanol–water partition coefficient (Wildman–Crippen LogP) is -0.0180. The Labute approximate surface area is 129 Å². The summed E-state index contributed by atoms with van der Waals surface area (Å²) in [6, 6.07) is 0. The van der Waals surface area contributed by atoms with Gasteiger partial charge in [0, 0.05) is 26.2 Å². The molecule has 0 spiro atoms. The summed E-state index contributed by atoms with van der Waals surface area (Å²) in [6.07, 6.45) is 2.12. The third kappa shape index (κ3) is 4.47. The van der Waals surface area contributed by atoms with Crippen LogP contribution in [0.2, 0.25) is 0 Å². The lowest BCUT2D eigenvalue weighted by Crippen LogP contribution is -2.49. The molecule has 114 valence electrons. The first-order valence-corrected chi connectivity index (χ1v) is 8.41. The number of thiocarbonyl (C=S) groups is 1. The topological polar surface area (TPSA) is 63.3 Å². The van der Waals surface area contributed by atoms with Gasteiger partial charge in [-0.15, -0.1) is 0 Å². The van der Waals surface area contributed by atoms with Gasteiger partial charge in [-0.05, 0) is 18.5 Å². The minimum atomic E-state index is 0.0634. The Bertz CT molecular complexity index is 361. The molecule has 8 heteroatoms. The van der Waals surface area contributed by atoms with E-state index in [1.165, 1.54) is 0 Å². The molecule has 0 aromatic rings. The van der Waals surface area contributed by atoms with E-state index in [2.05, 4.69) is 11.2 Å². The number of nitrogens with zero attached hydrogens (tertiary/aromatic N) is 3. The number of amidine groups is 1. The van der Waals surface area contributed by atoms with E-state index in [-0.39, 0.29) is 6.10 Å². The fraction of sp³-hybridized carbons (Fsp3) is 0.833. The maximum absolute atomic E-state index is 5.72. The van der Waals surface area contributed by atoms with E-state index in [1.807, 2.05) is 4.90 Å². The van der Waals surface area contributed by atoms with Gasteiger partial charge in [0.1, 0.15) is 0 Å². The number of hydrogen-bond acceptors (Lipinski definition) is 5. The van der Waals surface area contributed by atoms with E-state index in [9.17, 15) is 0 Å². The van der Waals surface area contributed by atoms with Crippen molar-refractivity contribution in [2.75, 3.05) is 58.8 Å². The molecule has 0 radical (unpaired) electrons. The SMILES string of the molecule is CS/C(=N\CC1CN(C(N)=S)CCO1)N1CCOCC1. The standard InChI is InChI=1S/C12H22N4O2S2/c1-20-12(15-2-5-17-6-3-15)14-8-10-9-16(11(13)19)4-7-18-10/h10H,2-9H2,1H3,(H2,13,19)/b14-12-. The Morgan fingerprint density at radius 3 is 2.65 bits per heavy atom. The molecule has 1 unspecified atom stereocenters. The van der Waals surface area contributed by atoms with Crippen molar-refractivity contribution in [3.8, 4) is 0 Å².